The molecule has 0 spiro atoms. The molecule has 15 nitrogen and oxygen atoms in total. The van der Waals surface area contributed by atoms with Crippen molar-refractivity contribution in [2.24, 2.45) is 11.8 Å². The average Bonchev–Trinajstić information content (AvgIpc) is 3.22. The van der Waals surface area contributed by atoms with E-state index in [0.717, 1.165) is 24.8 Å². The Morgan fingerprint density at radius 3 is 2.07 bits per heavy atom. The van der Waals surface area contributed by atoms with Gasteiger partial charge in [0.15, 0.2) is 0 Å². The highest BCUT2D eigenvalue weighted by molar-refractivity contribution is 5.92. The van der Waals surface area contributed by atoms with Gasteiger partial charge in [0.1, 0.15) is 12.8 Å². The van der Waals surface area contributed by atoms with Gasteiger partial charge in [0, 0.05) is 45.9 Å². The van der Waals surface area contributed by atoms with Crippen LogP contribution in [0.2, 0.25) is 0 Å². The van der Waals surface area contributed by atoms with Crippen LogP contribution in [0.15, 0.2) is 54.6 Å². The summed E-state index contributed by atoms with van der Waals surface area (Å²) in [7, 11) is 6.53. The molecule has 6 atom stereocenters. The van der Waals surface area contributed by atoms with E-state index in [-0.39, 0.29) is 61.7 Å². The number of ether oxygens (including phenoxy) is 2. The van der Waals surface area contributed by atoms with Gasteiger partial charge in [-0.2, -0.15) is 0 Å². The number of hydrogen-bond donors (Lipinski definition) is 5. The first-order valence-corrected chi connectivity index (χ1v) is 20.9. The van der Waals surface area contributed by atoms with E-state index < -0.39 is 36.6 Å². The predicted molar refractivity (Wildman–Crippen MR) is 230 cm³/mol. The Bertz CT molecular complexity index is 1580. The zero-order valence-corrected chi connectivity index (χ0v) is 37.0. The van der Waals surface area contributed by atoms with E-state index in [9.17, 15) is 29.1 Å². The van der Waals surface area contributed by atoms with Crippen LogP contribution in [0, 0.1) is 11.8 Å². The van der Waals surface area contributed by atoms with E-state index >= 15 is 0 Å². The summed E-state index contributed by atoms with van der Waals surface area (Å²) in [4.78, 5) is 70.6. The maximum atomic E-state index is 13.9. The van der Waals surface area contributed by atoms with Crippen LogP contribution in [-0.2, 0) is 35.3 Å². The fourth-order valence-electron chi connectivity index (χ4n) is 6.88. The fraction of sp³-hybridized carbons (Fsp3) is 0.614. The van der Waals surface area contributed by atoms with Crippen molar-refractivity contribution in [1.29, 1.82) is 0 Å². The van der Waals surface area contributed by atoms with Crippen LogP contribution >= 0.6 is 0 Å². The number of nitrogens with zero attached hydrogens (tertiary/aromatic N) is 3. The second kappa shape index (κ2) is 26.5. The highest BCUT2D eigenvalue weighted by Crippen LogP contribution is 2.21. The lowest BCUT2D eigenvalue weighted by Crippen LogP contribution is -2.53. The number of nitrogens with one attached hydrogen (secondary N) is 4. The second-order valence-corrected chi connectivity index (χ2v) is 15.5. The van der Waals surface area contributed by atoms with Crippen molar-refractivity contribution >= 4 is 35.4 Å². The third kappa shape index (κ3) is 16.5. The van der Waals surface area contributed by atoms with E-state index in [1.165, 1.54) is 12.0 Å². The number of benzene rings is 2. The van der Waals surface area contributed by atoms with Gasteiger partial charge in [-0.25, -0.2) is 4.79 Å². The number of rotatable bonds is 26. The van der Waals surface area contributed by atoms with Gasteiger partial charge >= 0.3 is 6.09 Å². The van der Waals surface area contributed by atoms with Crippen LogP contribution in [0.1, 0.15) is 97.3 Å². The molecule has 0 bridgehead atoms. The summed E-state index contributed by atoms with van der Waals surface area (Å²) in [5.41, 5.74) is 2.08. The summed E-state index contributed by atoms with van der Waals surface area (Å²) < 4.78 is 11.4. The van der Waals surface area contributed by atoms with Crippen LogP contribution in [0.5, 0.6) is 0 Å². The van der Waals surface area contributed by atoms with Crippen molar-refractivity contribution in [3.63, 3.8) is 0 Å². The molecule has 59 heavy (non-hydrogen) atoms. The molecule has 0 saturated carbocycles. The molecule has 5 N–H and O–H groups in total. The van der Waals surface area contributed by atoms with E-state index in [1.54, 1.807) is 81.2 Å². The van der Waals surface area contributed by atoms with Crippen molar-refractivity contribution in [1.82, 2.24) is 30.7 Å². The van der Waals surface area contributed by atoms with Gasteiger partial charge in [0.2, 0.25) is 23.6 Å². The molecule has 2 aromatic rings. The average molecular weight is 826 g/mol. The lowest BCUT2D eigenvalue weighted by Gasteiger charge is -2.36. The molecule has 0 aromatic heterocycles. The molecule has 2 aromatic carbocycles. The molecule has 0 aliphatic rings. The summed E-state index contributed by atoms with van der Waals surface area (Å²) in [5, 5.41) is 22.5. The lowest BCUT2D eigenvalue weighted by atomic mass is 10.0. The van der Waals surface area contributed by atoms with Crippen LogP contribution < -0.4 is 21.3 Å². The predicted octanol–water partition coefficient (Wildman–Crippen LogP) is 4.87. The second-order valence-electron chi connectivity index (χ2n) is 15.5. The highest BCUT2D eigenvalue weighted by atomic mass is 16.6. The Morgan fingerprint density at radius 1 is 0.831 bits per heavy atom. The molecule has 0 radical (unpaired) electrons. The number of aliphatic hydroxyl groups excluding tert-OH is 1. The number of likely N-dealkylation sites (N-methyl/N-ethyl adjacent to an activating group) is 2. The number of methoxy groups -OCH3 is 1. The standard InChI is InChI=1S/C44H71N7O8/c1-11-13-26-51(43(58-10)31(5)42(56)47-32(6)40(55)34-18-15-14-16-19-34)38(53)25-24-36(17-12-2)49(8)39(54)28-46-41(30(3)4)50(9)44(57)59-29-33-20-22-35(23-21-33)48-37(52)27-45-7/h14-16,18-23,30-32,36,40-41,43,45-46,55H,11-13,17,24-29H2,1-10H3,(H,47,56)(H,48,52)/t31-,32+,36-,40+,41?,43+/m0/s1. The van der Waals surface area contributed by atoms with Crippen molar-refractivity contribution in [2.75, 3.05) is 53.2 Å². The fourth-order valence-corrected chi connectivity index (χ4v) is 6.88. The molecule has 0 aliphatic carbocycles. The molecule has 0 heterocycles. The summed E-state index contributed by atoms with van der Waals surface area (Å²) in [5.74, 6) is -1.64. The van der Waals surface area contributed by atoms with Crippen molar-refractivity contribution < 1.29 is 38.6 Å². The number of anilines is 1. The first kappa shape index (κ1) is 50.6. The van der Waals surface area contributed by atoms with Crippen molar-refractivity contribution in [2.45, 2.75) is 117 Å². The molecule has 0 aliphatic heterocycles. The molecular formula is C44H71N7O8. The zero-order valence-electron chi connectivity index (χ0n) is 37.0. The minimum absolute atomic E-state index is 0.0308. The van der Waals surface area contributed by atoms with Crippen LogP contribution in [0.3, 0.4) is 0 Å². The maximum Gasteiger partial charge on any atom is 0.411 e. The normalized spacial score (nSPS) is 14.3. The minimum Gasteiger partial charge on any atom is -0.445 e. The first-order chi connectivity index (χ1) is 28.1. The van der Waals surface area contributed by atoms with E-state index in [0.29, 0.717) is 30.6 Å². The largest absolute Gasteiger partial charge is 0.445 e. The molecule has 15 heteroatoms. The van der Waals surface area contributed by atoms with Gasteiger partial charge in [-0.05, 0) is 69.3 Å². The van der Waals surface area contributed by atoms with E-state index in [2.05, 4.69) is 21.3 Å². The molecular weight excluding hydrogens is 755 g/mol. The van der Waals surface area contributed by atoms with Crippen LogP contribution in [-0.4, -0.2) is 122 Å². The summed E-state index contributed by atoms with van der Waals surface area (Å²) in [6.07, 6.45) is 0.799. The topological polar surface area (TPSA) is 182 Å². The molecule has 1 unspecified atom stereocenters. The number of unbranched alkanes of at least 4 members (excludes halogenated alkanes) is 1. The molecule has 0 saturated heterocycles. The smallest absolute Gasteiger partial charge is 0.411 e. The molecule has 5 amide bonds. The number of carbonyl (C=O) groups is 5. The first-order valence-electron chi connectivity index (χ1n) is 20.9. The Balaban J connectivity index is 2.02. The summed E-state index contributed by atoms with van der Waals surface area (Å²) >= 11 is 0. The van der Waals surface area contributed by atoms with Crippen molar-refractivity contribution in [3.05, 3.63) is 65.7 Å². The van der Waals surface area contributed by atoms with Gasteiger partial charge in [-0.3, -0.25) is 29.4 Å². The van der Waals surface area contributed by atoms with Gasteiger partial charge in [-0.15, -0.1) is 0 Å². The van der Waals surface area contributed by atoms with E-state index in [4.69, 9.17) is 9.47 Å². The summed E-state index contributed by atoms with van der Waals surface area (Å²) in [6, 6.07) is 15.3. The maximum absolute atomic E-state index is 13.9. The third-order valence-electron chi connectivity index (χ3n) is 10.4. The zero-order chi connectivity index (χ0) is 44.1. The van der Waals surface area contributed by atoms with Crippen LogP contribution in [0.25, 0.3) is 0 Å². The summed E-state index contributed by atoms with van der Waals surface area (Å²) in [6.45, 7) is 12.0. The molecule has 2 rings (SSSR count). The van der Waals surface area contributed by atoms with Gasteiger partial charge in [-0.1, -0.05) is 83.0 Å². The Kier molecular flexibility index (Phi) is 22.7. The number of aliphatic hydroxyl groups is 1. The molecule has 0 fully saturated rings. The van der Waals surface area contributed by atoms with Gasteiger partial charge in [0.25, 0.3) is 0 Å². The number of hydrogen-bond acceptors (Lipinski definition) is 10. The monoisotopic (exact) mass is 826 g/mol. The Morgan fingerprint density at radius 2 is 1.49 bits per heavy atom. The molecule has 330 valence electrons. The quantitative estimate of drug-likeness (QED) is 0.0822. The Hall–Kier alpha value is -4.57. The lowest BCUT2D eigenvalue weighted by molar-refractivity contribution is -0.154. The van der Waals surface area contributed by atoms with E-state index in [1.807, 2.05) is 45.9 Å². The highest BCUT2D eigenvalue weighted by Gasteiger charge is 2.34. The number of amides is 5. The minimum atomic E-state index is -0.905. The van der Waals surface area contributed by atoms with Crippen molar-refractivity contribution in [3.8, 4) is 0 Å². The number of carbonyl (C=O) groups excluding carboxylic acids is 5. The Labute approximate surface area is 351 Å². The third-order valence-corrected chi connectivity index (χ3v) is 10.4. The van der Waals surface area contributed by atoms with Gasteiger partial charge in [0.05, 0.1) is 37.3 Å². The van der Waals surface area contributed by atoms with Crippen LogP contribution in [0.4, 0.5) is 10.5 Å². The SMILES string of the molecule is CCCCN(C(=O)CC[C@H](CCC)N(C)C(=O)CNC(C(C)C)N(C)C(=O)OCc1ccc(NC(=O)CNC)cc1)[C@H](OC)[C@@H](C)C(=O)N[C@H](C)[C@@H](O)c1ccccc1. The van der Waals surface area contributed by atoms with Gasteiger partial charge < -0.3 is 40.3 Å².